The lowest BCUT2D eigenvalue weighted by atomic mass is 9.58. The minimum atomic E-state index is 0.530. The molecular weight excluding hydrogens is 204 g/mol. The van der Waals surface area contributed by atoms with Crippen molar-refractivity contribution in [2.75, 3.05) is 0 Å². The molecule has 2 fully saturated rings. The van der Waals surface area contributed by atoms with Crippen molar-refractivity contribution in [1.29, 1.82) is 0 Å². The van der Waals surface area contributed by atoms with E-state index in [9.17, 15) is 0 Å². The van der Waals surface area contributed by atoms with Gasteiger partial charge in [0.05, 0.1) is 0 Å². The zero-order valence-electron chi connectivity index (χ0n) is 12.5. The molecule has 0 bridgehead atoms. The Hall–Kier alpha value is 0. The highest BCUT2D eigenvalue weighted by Crippen LogP contribution is 2.49. The quantitative estimate of drug-likeness (QED) is 0.550. The monoisotopic (exact) mass is 236 g/mol. The van der Waals surface area contributed by atoms with Crippen LogP contribution in [0.5, 0.6) is 0 Å². The predicted octanol–water partition coefficient (Wildman–Crippen LogP) is 5.67. The van der Waals surface area contributed by atoms with Gasteiger partial charge in [-0.15, -0.1) is 0 Å². The van der Waals surface area contributed by atoms with Gasteiger partial charge in [-0.2, -0.15) is 0 Å². The highest BCUT2D eigenvalue weighted by Gasteiger charge is 2.40. The van der Waals surface area contributed by atoms with Gasteiger partial charge in [-0.25, -0.2) is 0 Å². The molecule has 0 heterocycles. The molecule has 0 nitrogen and oxygen atoms in total. The molecule has 100 valence electrons. The van der Waals surface area contributed by atoms with Crippen LogP contribution < -0.4 is 0 Å². The summed E-state index contributed by atoms with van der Waals surface area (Å²) in [6.07, 6.45) is 12.0. The Labute approximate surface area is 109 Å². The molecule has 4 unspecified atom stereocenters. The van der Waals surface area contributed by atoms with Gasteiger partial charge < -0.3 is 0 Å². The first-order valence-corrected chi connectivity index (χ1v) is 8.00. The molecule has 0 aromatic carbocycles. The van der Waals surface area contributed by atoms with Crippen LogP contribution in [0.4, 0.5) is 0 Å². The molecule has 0 saturated heterocycles. The fourth-order valence-electron chi connectivity index (χ4n) is 4.73. The van der Waals surface area contributed by atoms with Crippen LogP contribution in [0.25, 0.3) is 0 Å². The van der Waals surface area contributed by atoms with Gasteiger partial charge in [0.15, 0.2) is 0 Å². The number of hydrogen-bond acceptors (Lipinski definition) is 0. The summed E-state index contributed by atoms with van der Waals surface area (Å²) >= 11 is 0. The van der Waals surface area contributed by atoms with Crippen molar-refractivity contribution in [1.82, 2.24) is 0 Å². The second-order valence-electron chi connectivity index (χ2n) is 7.85. The van der Waals surface area contributed by atoms with Crippen LogP contribution in [0.15, 0.2) is 0 Å². The Morgan fingerprint density at radius 1 is 0.706 bits per heavy atom. The fourth-order valence-corrected chi connectivity index (χ4v) is 4.73. The standard InChI is InChI=1S/C17H32/c1-13-9-5-6-10-14(13)15-11-7-8-12-16(15)17(2,3)4/h13-16H,5-12H2,1-4H3. The van der Waals surface area contributed by atoms with Crippen molar-refractivity contribution in [2.24, 2.45) is 29.1 Å². The highest BCUT2D eigenvalue weighted by atomic mass is 14.5. The second-order valence-corrected chi connectivity index (χ2v) is 7.85. The predicted molar refractivity (Wildman–Crippen MR) is 76.0 cm³/mol. The molecule has 0 amide bonds. The van der Waals surface area contributed by atoms with E-state index in [0.29, 0.717) is 5.41 Å². The largest absolute Gasteiger partial charge is 0.0622 e. The summed E-state index contributed by atoms with van der Waals surface area (Å²) in [6, 6.07) is 0. The van der Waals surface area contributed by atoms with Crippen molar-refractivity contribution in [3.05, 3.63) is 0 Å². The van der Waals surface area contributed by atoms with E-state index < -0.39 is 0 Å². The van der Waals surface area contributed by atoms with Gasteiger partial charge in [0.2, 0.25) is 0 Å². The third kappa shape index (κ3) is 3.06. The maximum Gasteiger partial charge on any atom is -0.0334 e. The minimum Gasteiger partial charge on any atom is -0.0622 e. The van der Waals surface area contributed by atoms with Crippen LogP contribution in [0.2, 0.25) is 0 Å². The van der Waals surface area contributed by atoms with Gasteiger partial charge >= 0.3 is 0 Å². The van der Waals surface area contributed by atoms with Gasteiger partial charge in [-0.05, 0) is 48.3 Å². The van der Waals surface area contributed by atoms with Gasteiger partial charge in [0, 0.05) is 0 Å². The Morgan fingerprint density at radius 3 is 1.82 bits per heavy atom. The Balaban J connectivity index is 2.10. The first-order chi connectivity index (χ1) is 8.00. The zero-order valence-corrected chi connectivity index (χ0v) is 12.5. The van der Waals surface area contributed by atoms with Gasteiger partial charge in [0.1, 0.15) is 0 Å². The lowest BCUT2D eigenvalue weighted by molar-refractivity contribution is 0.0290. The maximum atomic E-state index is 2.53. The smallest absolute Gasteiger partial charge is 0.0334 e. The third-order valence-electron chi connectivity index (χ3n) is 5.66. The van der Waals surface area contributed by atoms with Crippen LogP contribution in [-0.2, 0) is 0 Å². The zero-order chi connectivity index (χ0) is 12.5. The summed E-state index contributed by atoms with van der Waals surface area (Å²) in [5.74, 6) is 4.07. The molecule has 2 saturated carbocycles. The lowest BCUT2D eigenvalue weighted by Gasteiger charge is -2.47. The summed E-state index contributed by atoms with van der Waals surface area (Å²) in [6.45, 7) is 9.95. The van der Waals surface area contributed by atoms with Crippen molar-refractivity contribution in [2.45, 2.75) is 79.1 Å². The van der Waals surface area contributed by atoms with Crippen LogP contribution >= 0.6 is 0 Å². The molecule has 0 radical (unpaired) electrons. The van der Waals surface area contributed by atoms with E-state index in [-0.39, 0.29) is 0 Å². The molecule has 0 aliphatic heterocycles. The first kappa shape index (κ1) is 13.4. The van der Waals surface area contributed by atoms with E-state index in [1.54, 1.807) is 0 Å². The van der Waals surface area contributed by atoms with Crippen LogP contribution in [-0.4, -0.2) is 0 Å². The SMILES string of the molecule is CC1CCCCC1C1CCCCC1C(C)(C)C. The van der Waals surface area contributed by atoms with Crippen LogP contribution in [0.3, 0.4) is 0 Å². The Morgan fingerprint density at radius 2 is 1.24 bits per heavy atom. The highest BCUT2D eigenvalue weighted by molar-refractivity contribution is 4.90. The molecule has 0 spiro atoms. The topological polar surface area (TPSA) is 0 Å². The molecule has 2 aliphatic carbocycles. The van der Waals surface area contributed by atoms with Crippen molar-refractivity contribution in [3.8, 4) is 0 Å². The van der Waals surface area contributed by atoms with Gasteiger partial charge in [0.25, 0.3) is 0 Å². The molecule has 0 aromatic heterocycles. The molecule has 2 rings (SSSR count). The average Bonchev–Trinajstić information content (AvgIpc) is 2.28. The van der Waals surface area contributed by atoms with E-state index in [1.165, 1.54) is 51.4 Å². The maximum absolute atomic E-state index is 2.53. The summed E-state index contributed by atoms with van der Waals surface area (Å²) in [7, 11) is 0. The molecule has 0 heteroatoms. The Kier molecular flexibility index (Phi) is 4.21. The Bertz CT molecular complexity index is 235. The molecule has 17 heavy (non-hydrogen) atoms. The van der Waals surface area contributed by atoms with E-state index in [4.69, 9.17) is 0 Å². The van der Waals surface area contributed by atoms with Crippen LogP contribution in [0.1, 0.15) is 79.1 Å². The van der Waals surface area contributed by atoms with E-state index in [1.807, 2.05) is 0 Å². The lowest BCUT2D eigenvalue weighted by Crippen LogP contribution is -2.38. The third-order valence-corrected chi connectivity index (χ3v) is 5.66. The molecule has 0 N–H and O–H groups in total. The molecule has 2 aliphatic rings. The molecular formula is C17H32. The summed E-state index contributed by atoms with van der Waals surface area (Å²) in [5.41, 5.74) is 0.530. The normalized spacial score (nSPS) is 40.2. The van der Waals surface area contributed by atoms with Crippen molar-refractivity contribution in [3.63, 3.8) is 0 Å². The molecule has 4 atom stereocenters. The van der Waals surface area contributed by atoms with Gasteiger partial charge in [-0.3, -0.25) is 0 Å². The summed E-state index contributed by atoms with van der Waals surface area (Å²) in [5, 5.41) is 0. The summed E-state index contributed by atoms with van der Waals surface area (Å²) < 4.78 is 0. The van der Waals surface area contributed by atoms with Crippen molar-refractivity contribution < 1.29 is 0 Å². The molecule has 0 aromatic rings. The average molecular weight is 236 g/mol. The minimum absolute atomic E-state index is 0.530. The van der Waals surface area contributed by atoms with Crippen LogP contribution in [0, 0.1) is 29.1 Å². The van der Waals surface area contributed by atoms with E-state index >= 15 is 0 Å². The number of rotatable bonds is 1. The van der Waals surface area contributed by atoms with Gasteiger partial charge in [-0.1, -0.05) is 59.8 Å². The first-order valence-electron chi connectivity index (χ1n) is 8.00. The van der Waals surface area contributed by atoms with E-state index in [0.717, 1.165) is 23.7 Å². The second kappa shape index (κ2) is 5.33. The summed E-state index contributed by atoms with van der Waals surface area (Å²) in [4.78, 5) is 0. The fraction of sp³-hybridized carbons (Fsp3) is 1.00. The van der Waals surface area contributed by atoms with E-state index in [2.05, 4.69) is 27.7 Å². The number of hydrogen-bond donors (Lipinski definition) is 0. The van der Waals surface area contributed by atoms with Crippen molar-refractivity contribution >= 4 is 0 Å².